The highest BCUT2D eigenvalue weighted by atomic mass is 32.3. The van der Waals surface area contributed by atoms with Crippen molar-refractivity contribution in [3.05, 3.63) is 12.3 Å². The molecule has 0 amide bonds. The molecule has 0 saturated heterocycles. The van der Waals surface area contributed by atoms with Crippen molar-refractivity contribution in [2.75, 3.05) is 6.61 Å². The number of hydrogen-bond acceptors (Lipinski definition) is 4. The Morgan fingerprint density at radius 2 is 1.54 bits per heavy atom. The van der Waals surface area contributed by atoms with Gasteiger partial charge in [0.05, 0.1) is 5.76 Å². The monoisotopic (exact) mass is 364 g/mol. The molecule has 0 aromatic heterocycles. The maximum absolute atomic E-state index is 11.0. The summed E-state index contributed by atoms with van der Waals surface area (Å²) in [6, 6.07) is 0. The highest BCUT2D eigenvalue weighted by molar-refractivity contribution is 7.80. The summed E-state index contributed by atoms with van der Waals surface area (Å²) in [5, 5.41) is 0. The summed E-state index contributed by atoms with van der Waals surface area (Å²) in [5.74, 6) is 0.572. The van der Waals surface area contributed by atoms with E-state index in [9.17, 15) is 8.42 Å². The molecular weight excluding hydrogens is 328 g/mol. The van der Waals surface area contributed by atoms with E-state index in [1.807, 2.05) is 20.8 Å². The Hall–Kier alpha value is -0.590. The standard InChI is InChI=1S/C18H36O5S/c1-6-7-8-9-10-11-12-13-14-17(23-24(19,20)21)15-22-16(2)18(3,4)5/h17H,2,6-15H2,1,3-5H3,(H,19,20,21). The molecule has 0 heterocycles. The van der Waals surface area contributed by atoms with Crippen LogP contribution in [0.1, 0.15) is 85.5 Å². The minimum absolute atomic E-state index is 0.0758. The lowest BCUT2D eigenvalue weighted by Gasteiger charge is -2.24. The van der Waals surface area contributed by atoms with Gasteiger partial charge in [0.15, 0.2) is 0 Å². The molecule has 5 nitrogen and oxygen atoms in total. The van der Waals surface area contributed by atoms with E-state index in [2.05, 4.69) is 13.5 Å². The van der Waals surface area contributed by atoms with Crippen LogP contribution in [0.3, 0.4) is 0 Å². The fraction of sp³-hybridized carbons (Fsp3) is 0.889. The van der Waals surface area contributed by atoms with Gasteiger partial charge >= 0.3 is 10.4 Å². The van der Waals surface area contributed by atoms with E-state index < -0.39 is 16.5 Å². The Balaban J connectivity index is 4.12. The van der Waals surface area contributed by atoms with Crippen molar-refractivity contribution in [3.8, 4) is 0 Å². The molecule has 0 aliphatic carbocycles. The van der Waals surface area contributed by atoms with Crippen LogP contribution in [0.25, 0.3) is 0 Å². The predicted molar refractivity (Wildman–Crippen MR) is 98.2 cm³/mol. The summed E-state index contributed by atoms with van der Waals surface area (Å²) in [6.45, 7) is 12.0. The van der Waals surface area contributed by atoms with Crippen LogP contribution in [0.4, 0.5) is 0 Å². The second-order valence-electron chi connectivity index (χ2n) is 7.39. The number of ether oxygens (including phenoxy) is 1. The maximum Gasteiger partial charge on any atom is 0.397 e. The van der Waals surface area contributed by atoms with E-state index in [4.69, 9.17) is 13.5 Å². The molecule has 0 aliphatic rings. The summed E-state index contributed by atoms with van der Waals surface area (Å²) in [6.07, 6.45) is 9.15. The molecule has 0 aromatic rings. The van der Waals surface area contributed by atoms with Gasteiger partial charge in [0.1, 0.15) is 12.7 Å². The highest BCUT2D eigenvalue weighted by Gasteiger charge is 2.21. The fourth-order valence-electron chi connectivity index (χ4n) is 2.25. The molecule has 144 valence electrons. The van der Waals surface area contributed by atoms with E-state index in [-0.39, 0.29) is 12.0 Å². The van der Waals surface area contributed by atoms with E-state index in [1.54, 1.807) is 0 Å². The summed E-state index contributed by atoms with van der Waals surface area (Å²) >= 11 is 0. The minimum Gasteiger partial charge on any atom is -0.495 e. The Kier molecular flexibility index (Phi) is 11.6. The van der Waals surface area contributed by atoms with Crippen molar-refractivity contribution < 1.29 is 21.9 Å². The first-order chi connectivity index (χ1) is 11.1. The Bertz CT molecular complexity index is 437. The van der Waals surface area contributed by atoms with Crippen molar-refractivity contribution in [1.29, 1.82) is 0 Å². The van der Waals surface area contributed by atoms with Crippen LogP contribution in [-0.2, 0) is 19.3 Å². The van der Waals surface area contributed by atoms with Crippen LogP contribution >= 0.6 is 0 Å². The van der Waals surface area contributed by atoms with Crippen molar-refractivity contribution in [1.82, 2.24) is 0 Å². The van der Waals surface area contributed by atoms with Gasteiger partial charge in [0.25, 0.3) is 0 Å². The molecule has 1 unspecified atom stereocenters. The lowest BCUT2D eigenvalue weighted by molar-refractivity contribution is 0.0574. The molecule has 1 N–H and O–H groups in total. The second kappa shape index (κ2) is 11.9. The third kappa shape index (κ3) is 13.8. The third-order valence-corrected chi connectivity index (χ3v) is 4.43. The smallest absolute Gasteiger partial charge is 0.397 e. The second-order valence-corrected chi connectivity index (χ2v) is 8.44. The maximum atomic E-state index is 11.0. The molecule has 0 spiro atoms. The quantitative estimate of drug-likeness (QED) is 0.258. The molecular formula is C18H36O5S. The Labute approximate surface area is 148 Å². The normalized spacial score (nSPS) is 13.7. The molecule has 1 atom stereocenters. The first-order valence-corrected chi connectivity index (χ1v) is 10.4. The van der Waals surface area contributed by atoms with Crippen LogP contribution in [0.2, 0.25) is 0 Å². The molecule has 0 fully saturated rings. The topological polar surface area (TPSA) is 72.8 Å². The van der Waals surface area contributed by atoms with E-state index in [1.165, 1.54) is 32.1 Å². The summed E-state index contributed by atoms with van der Waals surface area (Å²) in [7, 11) is -4.47. The number of rotatable bonds is 14. The van der Waals surface area contributed by atoms with Gasteiger partial charge in [0, 0.05) is 5.41 Å². The van der Waals surface area contributed by atoms with Crippen molar-refractivity contribution in [2.24, 2.45) is 5.41 Å². The van der Waals surface area contributed by atoms with E-state index >= 15 is 0 Å². The molecule has 0 bridgehead atoms. The van der Waals surface area contributed by atoms with Gasteiger partial charge in [-0.3, -0.25) is 4.55 Å². The van der Waals surface area contributed by atoms with Gasteiger partial charge in [0.2, 0.25) is 0 Å². The lowest BCUT2D eigenvalue weighted by Crippen LogP contribution is -2.25. The van der Waals surface area contributed by atoms with Gasteiger partial charge in [-0.15, -0.1) is 0 Å². The van der Waals surface area contributed by atoms with Crippen LogP contribution in [0, 0.1) is 5.41 Å². The van der Waals surface area contributed by atoms with Crippen molar-refractivity contribution in [2.45, 2.75) is 91.6 Å². The molecule has 0 rings (SSSR count). The zero-order chi connectivity index (χ0) is 18.6. The Morgan fingerprint density at radius 1 is 1.04 bits per heavy atom. The van der Waals surface area contributed by atoms with Crippen molar-refractivity contribution in [3.63, 3.8) is 0 Å². The molecule has 0 saturated carbocycles. The average molecular weight is 365 g/mol. The minimum atomic E-state index is -4.47. The first kappa shape index (κ1) is 23.4. The van der Waals surface area contributed by atoms with Crippen LogP contribution in [-0.4, -0.2) is 25.7 Å². The van der Waals surface area contributed by atoms with Crippen LogP contribution in [0.15, 0.2) is 12.3 Å². The molecule has 0 aromatic carbocycles. The SMILES string of the molecule is C=C(OCC(CCCCCCCCCC)OS(=O)(=O)O)C(C)(C)C. The average Bonchev–Trinajstić information content (AvgIpc) is 2.44. The number of unbranched alkanes of at least 4 members (excludes halogenated alkanes) is 7. The zero-order valence-electron chi connectivity index (χ0n) is 15.8. The molecule has 0 radical (unpaired) electrons. The van der Waals surface area contributed by atoms with Crippen LogP contribution < -0.4 is 0 Å². The lowest BCUT2D eigenvalue weighted by atomic mass is 9.95. The Morgan fingerprint density at radius 3 is 2.00 bits per heavy atom. The van der Waals surface area contributed by atoms with Gasteiger partial charge < -0.3 is 4.74 Å². The van der Waals surface area contributed by atoms with Gasteiger partial charge in [-0.25, -0.2) is 4.18 Å². The largest absolute Gasteiger partial charge is 0.495 e. The summed E-state index contributed by atoms with van der Waals surface area (Å²) < 4.78 is 41.1. The molecule has 0 aliphatic heterocycles. The van der Waals surface area contributed by atoms with E-state index in [0.29, 0.717) is 12.2 Å². The van der Waals surface area contributed by atoms with Gasteiger partial charge in [-0.05, 0) is 6.42 Å². The van der Waals surface area contributed by atoms with Gasteiger partial charge in [-0.1, -0.05) is 85.6 Å². The first-order valence-electron chi connectivity index (χ1n) is 9.04. The molecule has 6 heteroatoms. The molecule has 24 heavy (non-hydrogen) atoms. The van der Waals surface area contributed by atoms with Gasteiger partial charge in [-0.2, -0.15) is 8.42 Å². The summed E-state index contributed by atoms with van der Waals surface area (Å²) in [4.78, 5) is 0. The predicted octanol–water partition coefficient (Wildman–Crippen LogP) is 5.28. The zero-order valence-corrected chi connectivity index (χ0v) is 16.7. The number of allylic oxidation sites excluding steroid dienone is 1. The number of hydrogen-bond donors (Lipinski definition) is 1. The highest BCUT2D eigenvalue weighted by Crippen LogP contribution is 2.25. The van der Waals surface area contributed by atoms with E-state index in [0.717, 1.165) is 19.3 Å². The third-order valence-electron chi connectivity index (χ3n) is 3.92. The van der Waals surface area contributed by atoms with Crippen LogP contribution in [0.5, 0.6) is 0 Å². The van der Waals surface area contributed by atoms with Crippen molar-refractivity contribution >= 4 is 10.4 Å². The summed E-state index contributed by atoms with van der Waals surface area (Å²) in [5.41, 5.74) is -0.221. The fourth-order valence-corrected chi connectivity index (χ4v) is 2.74.